The molecule has 0 saturated carbocycles. The van der Waals surface area contributed by atoms with Crippen molar-refractivity contribution >= 4 is 44.3 Å². The summed E-state index contributed by atoms with van der Waals surface area (Å²) in [5.41, 5.74) is 4.61. The summed E-state index contributed by atoms with van der Waals surface area (Å²) in [5.74, 6) is -0.0940. The molecule has 0 spiro atoms. The number of anilines is 2. The number of hydrogen-bond acceptors (Lipinski definition) is 6. The van der Waals surface area contributed by atoms with Gasteiger partial charge in [0.1, 0.15) is 10.3 Å². The van der Waals surface area contributed by atoms with Gasteiger partial charge in [-0.25, -0.2) is 9.97 Å². The van der Waals surface area contributed by atoms with Gasteiger partial charge in [0.05, 0.1) is 5.92 Å². The zero-order valence-corrected chi connectivity index (χ0v) is 18.7. The number of rotatable bonds is 3. The van der Waals surface area contributed by atoms with Crippen molar-refractivity contribution in [1.82, 2.24) is 14.9 Å². The molecule has 3 aliphatic rings. The molecule has 164 valence electrons. The van der Waals surface area contributed by atoms with Gasteiger partial charge in [-0.15, -0.1) is 0 Å². The van der Waals surface area contributed by atoms with Crippen molar-refractivity contribution in [2.24, 2.45) is 5.92 Å². The smallest absolute Gasteiger partial charge is 0.228 e. The van der Waals surface area contributed by atoms with Crippen LogP contribution in [-0.2, 0) is 22.4 Å². The van der Waals surface area contributed by atoms with E-state index in [-0.39, 0.29) is 17.7 Å². The second kappa shape index (κ2) is 7.85. The Labute approximate surface area is 190 Å². The molecule has 1 atom stereocenters. The van der Waals surface area contributed by atoms with Gasteiger partial charge in [0.2, 0.25) is 11.8 Å². The van der Waals surface area contributed by atoms with E-state index >= 15 is 0 Å². The van der Waals surface area contributed by atoms with E-state index in [1.54, 1.807) is 17.5 Å². The zero-order chi connectivity index (χ0) is 21.7. The molecular formula is C24H25N5O2S. The highest BCUT2D eigenvalue weighted by Gasteiger charge is 2.38. The van der Waals surface area contributed by atoms with Gasteiger partial charge in [-0.2, -0.15) is 0 Å². The van der Waals surface area contributed by atoms with Crippen LogP contribution >= 0.6 is 11.3 Å². The number of piperazine rings is 1. The fourth-order valence-electron chi connectivity index (χ4n) is 5.12. The number of nitrogens with zero attached hydrogens (tertiary/aromatic N) is 5. The van der Waals surface area contributed by atoms with Crippen LogP contribution < -0.4 is 9.80 Å². The molecular weight excluding hydrogens is 422 g/mol. The van der Waals surface area contributed by atoms with E-state index in [0.29, 0.717) is 26.1 Å². The summed E-state index contributed by atoms with van der Waals surface area (Å²) in [6.07, 6.45) is 5.50. The Kier molecular flexibility index (Phi) is 4.82. The SMILES string of the molecule is O=C(C1CC(=O)N(c2ccc3c(c2)CCC3)C1)N1CCN(c2nc3cccnc3s2)CC1. The van der Waals surface area contributed by atoms with Crippen molar-refractivity contribution in [2.75, 3.05) is 42.5 Å². The Hall–Kier alpha value is -3.00. The minimum atomic E-state index is -0.256. The lowest BCUT2D eigenvalue weighted by Gasteiger charge is -2.35. The third kappa shape index (κ3) is 3.43. The van der Waals surface area contributed by atoms with Crippen molar-refractivity contribution in [1.29, 1.82) is 0 Å². The van der Waals surface area contributed by atoms with Crippen LogP contribution in [0.25, 0.3) is 10.3 Å². The van der Waals surface area contributed by atoms with Gasteiger partial charge < -0.3 is 14.7 Å². The van der Waals surface area contributed by atoms with E-state index < -0.39 is 0 Å². The van der Waals surface area contributed by atoms with E-state index in [2.05, 4.69) is 27.0 Å². The van der Waals surface area contributed by atoms with Gasteiger partial charge in [0.15, 0.2) is 5.13 Å². The number of thiazole rings is 1. The van der Waals surface area contributed by atoms with E-state index in [1.807, 2.05) is 28.0 Å². The van der Waals surface area contributed by atoms with Gasteiger partial charge in [-0.3, -0.25) is 9.59 Å². The Morgan fingerprint density at radius 2 is 1.91 bits per heavy atom. The number of carbonyl (C=O) groups excluding carboxylic acids is 2. The number of hydrogen-bond donors (Lipinski definition) is 0. The van der Waals surface area contributed by atoms with Crippen molar-refractivity contribution in [3.05, 3.63) is 47.7 Å². The molecule has 6 rings (SSSR count). The number of fused-ring (bicyclic) bond motifs is 2. The molecule has 2 saturated heterocycles. The highest BCUT2D eigenvalue weighted by Crippen LogP contribution is 2.32. The quantitative estimate of drug-likeness (QED) is 0.618. The second-order valence-corrected chi connectivity index (χ2v) is 9.80. The molecule has 1 unspecified atom stereocenters. The molecule has 1 aliphatic carbocycles. The Morgan fingerprint density at radius 3 is 2.75 bits per heavy atom. The summed E-state index contributed by atoms with van der Waals surface area (Å²) in [4.78, 5) is 41.9. The van der Waals surface area contributed by atoms with Crippen LogP contribution in [0.1, 0.15) is 24.0 Å². The first-order valence-corrected chi connectivity index (χ1v) is 12.1. The summed E-state index contributed by atoms with van der Waals surface area (Å²) >= 11 is 1.59. The van der Waals surface area contributed by atoms with E-state index in [0.717, 1.165) is 47.1 Å². The second-order valence-electron chi connectivity index (χ2n) is 8.85. The largest absolute Gasteiger partial charge is 0.344 e. The lowest BCUT2D eigenvalue weighted by molar-refractivity contribution is -0.136. The standard InChI is InChI=1S/C24H25N5O2S/c30-21-14-18(15-29(21)19-7-6-16-3-1-4-17(16)13-19)23(31)27-9-11-28(12-10-27)24-26-20-5-2-8-25-22(20)32-24/h2,5-8,13,18H,1,3-4,9-12,14-15H2. The maximum absolute atomic E-state index is 13.2. The number of amides is 2. The Balaban J connectivity index is 1.10. The minimum absolute atomic E-state index is 0.0573. The molecule has 7 nitrogen and oxygen atoms in total. The first-order valence-electron chi connectivity index (χ1n) is 11.3. The van der Waals surface area contributed by atoms with Crippen LogP contribution in [0.2, 0.25) is 0 Å². The zero-order valence-electron chi connectivity index (χ0n) is 17.9. The van der Waals surface area contributed by atoms with Gasteiger partial charge in [-0.05, 0) is 54.7 Å². The molecule has 2 aromatic heterocycles. The van der Waals surface area contributed by atoms with Crippen LogP contribution in [-0.4, -0.2) is 59.4 Å². The summed E-state index contributed by atoms with van der Waals surface area (Å²) in [6, 6.07) is 10.2. The summed E-state index contributed by atoms with van der Waals surface area (Å²) in [6.45, 7) is 3.30. The molecule has 0 N–H and O–H groups in total. The number of aromatic nitrogens is 2. The lowest BCUT2D eigenvalue weighted by atomic mass is 10.1. The van der Waals surface area contributed by atoms with Gasteiger partial charge in [0, 0.05) is 51.0 Å². The molecule has 2 amide bonds. The number of benzene rings is 1. The molecule has 8 heteroatoms. The molecule has 2 aliphatic heterocycles. The molecule has 0 bridgehead atoms. The fraction of sp³-hybridized carbons (Fsp3) is 0.417. The molecule has 0 radical (unpaired) electrons. The van der Waals surface area contributed by atoms with Gasteiger partial charge >= 0.3 is 0 Å². The average molecular weight is 448 g/mol. The fourth-order valence-corrected chi connectivity index (χ4v) is 6.08. The highest BCUT2D eigenvalue weighted by molar-refractivity contribution is 7.21. The van der Waals surface area contributed by atoms with Crippen LogP contribution in [0.3, 0.4) is 0 Å². The summed E-state index contributed by atoms with van der Waals surface area (Å²) in [5, 5.41) is 0.963. The lowest BCUT2D eigenvalue weighted by Crippen LogP contribution is -2.50. The molecule has 32 heavy (non-hydrogen) atoms. The van der Waals surface area contributed by atoms with Crippen LogP contribution in [0, 0.1) is 5.92 Å². The Bertz CT molecular complexity index is 1170. The predicted molar refractivity (Wildman–Crippen MR) is 125 cm³/mol. The summed E-state index contributed by atoms with van der Waals surface area (Å²) < 4.78 is 0. The Morgan fingerprint density at radius 1 is 1.06 bits per heavy atom. The first-order chi connectivity index (χ1) is 15.7. The molecule has 3 aromatic rings. The highest BCUT2D eigenvalue weighted by atomic mass is 32.1. The molecule has 1 aromatic carbocycles. The maximum Gasteiger partial charge on any atom is 0.228 e. The third-order valence-corrected chi connectivity index (χ3v) is 7.92. The van der Waals surface area contributed by atoms with Crippen molar-refractivity contribution < 1.29 is 9.59 Å². The van der Waals surface area contributed by atoms with Crippen LogP contribution in [0.5, 0.6) is 0 Å². The van der Waals surface area contributed by atoms with Crippen molar-refractivity contribution in [2.45, 2.75) is 25.7 Å². The van der Waals surface area contributed by atoms with Gasteiger partial charge in [0.25, 0.3) is 0 Å². The predicted octanol–water partition coefficient (Wildman–Crippen LogP) is 2.88. The van der Waals surface area contributed by atoms with Crippen molar-refractivity contribution in [3.63, 3.8) is 0 Å². The normalized spacial score (nSPS) is 20.9. The van der Waals surface area contributed by atoms with Crippen LogP contribution in [0.4, 0.5) is 10.8 Å². The van der Waals surface area contributed by atoms with Crippen molar-refractivity contribution in [3.8, 4) is 0 Å². The van der Waals surface area contributed by atoms with E-state index in [9.17, 15) is 9.59 Å². The van der Waals surface area contributed by atoms with E-state index in [1.165, 1.54) is 17.5 Å². The van der Waals surface area contributed by atoms with E-state index in [4.69, 9.17) is 0 Å². The molecule has 4 heterocycles. The monoisotopic (exact) mass is 447 g/mol. The topological polar surface area (TPSA) is 69.6 Å². The third-order valence-electron chi connectivity index (χ3n) is 6.89. The number of carbonyl (C=O) groups is 2. The average Bonchev–Trinajstić information content (AvgIpc) is 3.56. The first kappa shape index (κ1) is 19.7. The maximum atomic E-state index is 13.2. The summed E-state index contributed by atoms with van der Waals surface area (Å²) in [7, 11) is 0. The van der Waals surface area contributed by atoms with Gasteiger partial charge in [-0.1, -0.05) is 17.4 Å². The number of aryl methyl sites for hydroxylation is 2. The minimum Gasteiger partial charge on any atom is -0.344 e. The number of pyridine rings is 1. The molecule has 2 fully saturated rings. The van der Waals surface area contributed by atoms with Crippen LogP contribution in [0.15, 0.2) is 36.5 Å².